The zero-order valence-electron chi connectivity index (χ0n) is 11.4. The molecule has 0 heterocycles. The standard InChI is InChI=1S/C10H17N3O6S.O.V/c11-5(10(18)19)1-2-7(14)13-6(4-20)9(17)12-3-8(15)16;;/h5-6,20H,1-4,11H2,(H,12,17)(H,13,14)(H,15,16)(H,18,19);;/t5-,6-;;/m0../s1. The Labute approximate surface area is 140 Å². The van der Waals surface area contributed by atoms with Gasteiger partial charge in [-0.1, -0.05) is 0 Å². The molecule has 12 heteroatoms. The first-order valence-corrected chi connectivity index (χ1v) is 7.04. The average Bonchev–Trinajstić information content (AvgIpc) is 2.49. The molecule has 0 saturated carbocycles. The van der Waals surface area contributed by atoms with Crippen LogP contribution in [-0.2, 0) is 40.2 Å². The van der Waals surface area contributed by atoms with Crippen LogP contribution in [0.5, 0.6) is 0 Å². The fraction of sp³-hybridized carbons (Fsp3) is 0.600. The van der Waals surface area contributed by atoms with E-state index < -0.39 is 42.4 Å². The fourth-order valence-corrected chi connectivity index (χ4v) is 1.41. The molecule has 6 N–H and O–H groups in total. The van der Waals surface area contributed by atoms with Gasteiger partial charge in [0.25, 0.3) is 0 Å². The molecular weight excluding hydrogens is 357 g/mol. The zero-order valence-corrected chi connectivity index (χ0v) is 13.7. The van der Waals surface area contributed by atoms with Crippen molar-refractivity contribution in [2.24, 2.45) is 5.73 Å². The van der Waals surface area contributed by atoms with Gasteiger partial charge in [-0.3, -0.25) is 19.2 Å². The molecule has 0 fully saturated rings. The Kier molecular flexibility index (Phi) is 13.8. The summed E-state index contributed by atoms with van der Waals surface area (Å²) in [6.45, 7) is -0.567. The summed E-state index contributed by atoms with van der Waals surface area (Å²) in [6, 6.07) is -2.15. The van der Waals surface area contributed by atoms with E-state index in [4.69, 9.17) is 19.6 Å². The molecule has 125 valence electrons. The van der Waals surface area contributed by atoms with Crippen molar-refractivity contribution in [2.45, 2.75) is 24.9 Å². The van der Waals surface area contributed by atoms with Crippen LogP contribution >= 0.6 is 12.6 Å². The topological polar surface area (TPSA) is 176 Å². The second kappa shape index (κ2) is 13.3. The van der Waals surface area contributed by atoms with E-state index in [9.17, 15) is 19.2 Å². The van der Waals surface area contributed by atoms with Crippen molar-refractivity contribution >= 4 is 36.4 Å². The van der Waals surface area contributed by atoms with Gasteiger partial charge >= 0.3 is 33.0 Å². The monoisotopic (exact) mass is 374 g/mol. The number of hydrogen-bond acceptors (Lipinski definition) is 7. The molecule has 0 aromatic carbocycles. The molecule has 0 aliphatic heterocycles. The van der Waals surface area contributed by atoms with E-state index in [2.05, 4.69) is 23.3 Å². The summed E-state index contributed by atoms with van der Waals surface area (Å²) in [4.78, 5) is 43.7. The Morgan fingerprint density at radius 2 is 1.73 bits per heavy atom. The van der Waals surface area contributed by atoms with Crippen molar-refractivity contribution < 1.29 is 50.4 Å². The molecule has 0 rings (SSSR count). The molecular formula is C10H17N3O7SV. The van der Waals surface area contributed by atoms with Crippen LogP contribution in [0.2, 0.25) is 0 Å². The summed E-state index contributed by atoms with van der Waals surface area (Å²) in [6.07, 6.45) is -0.235. The minimum absolute atomic E-state index is 0.0256. The van der Waals surface area contributed by atoms with Gasteiger partial charge in [-0.05, 0) is 6.42 Å². The van der Waals surface area contributed by atoms with Crippen LogP contribution in [0.15, 0.2) is 0 Å². The summed E-state index contributed by atoms with van der Waals surface area (Å²) in [5.41, 5.74) is 5.23. The van der Waals surface area contributed by atoms with E-state index in [1.54, 1.807) is 0 Å². The number of rotatable bonds is 9. The summed E-state index contributed by atoms with van der Waals surface area (Å²) in [7, 11) is 0. The number of amides is 2. The predicted octanol–water partition coefficient (Wildman–Crippen LogP) is -2.33. The van der Waals surface area contributed by atoms with Crippen molar-refractivity contribution in [2.75, 3.05) is 12.3 Å². The molecule has 0 spiro atoms. The number of carbonyl (C=O) groups excluding carboxylic acids is 2. The number of hydrogen-bond donors (Lipinski definition) is 6. The van der Waals surface area contributed by atoms with Gasteiger partial charge in [0.05, 0.1) is 0 Å². The quantitative estimate of drug-likeness (QED) is 0.244. The van der Waals surface area contributed by atoms with Crippen LogP contribution in [0.3, 0.4) is 0 Å². The fourth-order valence-electron chi connectivity index (χ4n) is 1.16. The number of thiol groups is 1. The molecule has 0 aromatic heterocycles. The number of aliphatic carboxylic acids is 2. The maximum absolute atomic E-state index is 11.5. The number of nitrogens with two attached hydrogens (primary N) is 1. The molecule has 0 unspecified atom stereocenters. The molecule has 0 aliphatic carbocycles. The van der Waals surface area contributed by atoms with Crippen molar-refractivity contribution in [1.29, 1.82) is 0 Å². The second-order valence-corrected chi connectivity index (χ2v) is 4.26. The van der Waals surface area contributed by atoms with Gasteiger partial charge < -0.3 is 26.6 Å². The van der Waals surface area contributed by atoms with Crippen LogP contribution in [0.1, 0.15) is 12.8 Å². The first kappa shape index (κ1) is 22.8. The van der Waals surface area contributed by atoms with Crippen LogP contribution < -0.4 is 16.4 Å². The number of nitrogens with one attached hydrogen (secondary N) is 2. The molecule has 0 aromatic rings. The molecule has 0 saturated heterocycles. The molecule has 0 bridgehead atoms. The van der Waals surface area contributed by atoms with E-state index in [0.29, 0.717) is 0 Å². The Morgan fingerprint density at radius 3 is 2.14 bits per heavy atom. The van der Waals surface area contributed by atoms with Gasteiger partial charge in [-0.15, -0.1) is 0 Å². The normalized spacial score (nSPS) is 12.0. The third kappa shape index (κ3) is 11.3. The van der Waals surface area contributed by atoms with Crippen LogP contribution in [-0.4, -0.2) is 58.3 Å². The van der Waals surface area contributed by atoms with Crippen molar-refractivity contribution in [3.63, 3.8) is 0 Å². The summed E-state index contributed by atoms with van der Waals surface area (Å²) in [5.74, 6) is -3.70. The van der Waals surface area contributed by atoms with E-state index in [0.717, 1.165) is 17.4 Å². The first-order chi connectivity index (χ1) is 10.3. The minimum atomic E-state index is -1.22. The Balaban J connectivity index is 0. The zero-order chi connectivity index (χ0) is 17.7. The van der Waals surface area contributed by atoms with Gasteiger partial charge in [0.15, 0.2) is 0 Å². The van der Waals surface area contributed by atoms with Crippen molar-refractivity contribution in [1.82, 2.24) is 10.6 Å². The molecule has 2 amide bonds. The average molecular weight is 374 g/mol. The van der Waals surface area contributed by atoms with Crippen LogP contribution in [0.25, 0.3) is 0 Å². The molecule has 2 atom stereocenters. The van der Waals surface area contributed by atoms with Crippen LogP contribution in [0, 0.1) is 0 Å². The second-order valence-electron chi connectivity index (χ2n) is 3.90. The Bertz CT molecular complexity index is 410. The van der Waals surface area contributed by atoms with E-state index in [1.807, 2.05) is 0 Å². The van der Waals surface area contributed by atoms with Gasteiger partial charge in [0.1, 0.15) is 18.6 Å². The third-order valence-corrected chi connectivity index (χ3v) is 2.61. The van der Waals surface area contributed by atoms with Crippen molar-refractivity contribution in [3.05, 3.63) is 0 Å². The van der Waals surface area contributed by atoms with Crippen LogP contribution in [0.4, 0.5) is 0 Å². The maximum atomic E-state index is 11.5. The predicted molar refractivity (Wildman–Crippen MR) is 72.0 cm³/mol. The van der Waals surface area contributed by atoms with E-state index in [1.165, 1.54) is 0 Å². The molecule has 0 radical (unpaired) electrons. The van der Waals surface area contributed by atoms with Gasteiger partial charge in [-0.2, -0.15) is 12.6 Å². The van der Waals surface area contributed by atoms with Crippen molar-refractivity contribution in [3.8, 4) is 0 Å². The van der Waals surface area contributed by atoms with E-state index in [-0.39, 0.29) is 18.6 Å². The Hall–Kier alpha value is -1.43. The summed E-state index contributed by atoms with van der Waals surface area (Å²) < 4.78 is 8.19. The van der Waals surface area contributed by atoms with Gasteiger partial charge in [0, 0.05) is 12.2 Å². The molecule has 22 heavy (non-hydrogen) atoms. The number of carbonyl (C=O) groups is 4. The molecule has 0 aliphatic rings. The summed E-state index contributed by atoms with van der Waals surface area (Å²) >= 11 is 4.94. The Morgan fingerprint density at radius 1 is 1.18 bits per heavy atom. The number of carboxylic acid groups (broad SMARTS) is 2. The third-order valence-electron chi connectivity index (χ3n) is 2.25. The molecule has 10 nitrogen and oxygen atoms in total. The number of carboxylic acids is 2. The SMILES string of the molecule is N[C@@H](CCC(=O)N[C@@H](CS)C(=O)NCC(=O)O)C(=O)O.[O]=[V]. The first-order valence-electron chi connectivity index (χ1n) is 5.84. The summed E-state index contributed by atoms with van der Waals surface area (Å²) in [5, 5.41) is 21.4. The van der Waals surface area contributed by atoms with Gasteiger partial charge in [0.2, 0.25) is 11.8 Å². The van der Waals surface area contributed by atoms with E-state index >= 15 is 0 Å². The van der Waals surface area contributed by atoms with Gasteiger partial charge in [-0.25, -0.2) is 0 Å².